The summed E-state index contributed by atoms with van der Waals surface area (Å²) in [5, 5.41) is 0. The molecule has 1 fully saturated rings. The number of carbonyl (C=O) groups excluding carboxylic acids is 1. The predicted molar refractivity (Wildman–Crippen MR) is 88.8 cm³/mol. The minimum Gasteiger partial charge on any atom is -0.496 e. The summed E-state index contributed by atoms with van der Waals surface area (Å²) in [6.45, 7) is 0. The molecule has 0 radical (unpaired) electrons. The van der Waals surface area contributed by atoms with Gasteiger partial charge >= 0.3 is 0 Å². The van der Waals surface area contributed by atoms with Crippen molar-refractivity contribution in [1.82, 2.24) is 0 Å². The van der Waals surface area contributed by atoms with Gasteiger partial charge in [0, 0.05) is 11.5 Å². The van der Waals surface area contributed by atoms with Gasteiger partial charge < -0.3 is 4.74 Å². The van der Waals surface area contributed by atoms with Crippen molar-refractivity contribution in [2.24, 2.45) is 5.92 Å². The van der Waals surface area contributed by atoms with Crippen molar-refractivity contribution in [3.63, 3.8) is 0 Å². The molecule has 3 rings (SSSR count). The highest BCUT2D eigenvalue weighted by Gasteiger charge is 2.29. The van der Waals surface area contributed by atoms with Crippen molar-refractivity contribution in [2.75, 3.05) is 7.11 Å². The molecule has 0 aromatic heterocycles. The number of benzene rings is 2. The van der Waals surface area contributed by atoms with Gasteiger partial charge in [0.2, 0.25) is 0 Å². The van der Waals surface area contributed by atoms with Crippen LogP contribution in [0.2, 0.25) is 0 Å². The predicted octanol–water partition coefficient (Wildman–Crippen LogP) is 4.30. The second-order valence-electron chi connectivity index (χ2n) is 5.70. The van der Waals surface area contributed by atoms with E-state index in [0.29, 0.717) is 0 Å². The Morgan fingerprint density at radius 1 is 1.09 bits per heavy atom. The summed E-state index contributed by atoms with van der Waals surface area (Å²) in [5.74, 6) is 1.22. The molecule has 0 spiro atoms. The lowest BCUT2D eigenvalue weighted by molar-refractivity contribution is -0.117. The van der Waals surface area contributed by atoms with Crippen molar-refractivity contribution < 1.29 is 9.53 Å². The monoisotopic (exact) mass is 292 g/mol. The van der Waals surface area contributed by atoms with E-state index in [1.54, 1.807) is 7.11 Å². The SMILES string of the molecule is COc1ccccc1C=C1CCC(Cc2ccccc2)C1=O. The molecule has 0 saturated heterocycles. The quantitative estimate of drug-likeness (QED) is 0.785. The van der Waals surface area contributed by atoms with Crippen molar-refractivity contribution in [1.29, 1.82) is 0 Å². The number of ketones is 1. The minimum absolute atomic E-state index is 0.114. The molecule has 0 aliphatic heterocycles. The highest BCUT2D eigenvalue weighted by molar-refractivity contribution is 6.03. The van der Waals surface area contributed by atoms with E-state index >= 15 is 0 Å². The van der Waals surface area contributed by atoms with E-state index < -0.39 is 0 Å². The summed E-state index contributed by atoms with van der Waals surface area (Å²) in [6.07, 6.45) is 4.62. The van der Waals surface area contributed by atoms with Gasteiger partial charge in [0.25, 0.3) is 0 Å². The Bertz CT molecular complexity index is 686. The Morgan fingerprint density at radius 2 is 1.82 bits per heavy atom. The fourth-order valence-corrected chi connectivity index (χ4v) is 3.06. The van der Waals surface area contributed by atoms with E-state index in [1.807, 2.05) is 48.5 Å². The third-order valence-electron chi connectivity index (χ3n) is 4.24. The summed E-state index contributed by atoms with van der Waals surface area (Å²) < 4.78 is 5.36. The average molecular weight is 292 g/mol. The molecule has 2 nitrogen and oxygen atoms in total. The molecule has 1 aliphatic carbocycles. The van der Waals surface area contributed by atoms with Gasteiger partial charge in [0.05, 0.1) is 7.11 Å². The summed E-state index contributed by atoms with van der Waals surface area (Å²) in [4.78, 5) is 12.6. The zero-order chi connectivity index (χ0) is 15.4. The van der Waals surface area contributed by atoms with Crippen LogP contribution in [0.25, 0.3) is 6.08 Å². The summed E-state index contributed by atoms with van der Waals surface area (Å²) in [6, 6.07) is 18.1. The van der Waals surface area contributed by atoms with Crippen molar-refractivity contribution in [2.45, 2.75) is 19.3 Å². The molecule has 2 aromatic carbocycles. The highest BCUT2D eigenvalue weighted by Crippen LogP contribution is 2.32. The van der Waals surface area contributed by atoms with Gasteiger partial charge in [-0.3, -0.25) is 4.79 Å². The molecule has 22 heavy (non-hydrogen) atoms. The van der Waals surface area contributed by atoms with Crippen LogP contribution in [0.5, 0.6) is 5.75 Å². The van der Waals surface area contributed by atoms with Crippen LogP contribution in [-0.2, 0) is 11.2 Å². The number of ether oxygens (including phenoxy) is 1. The molecule has 2 heteroatoms. The van der Waals surface area contributed by atoms with E-state index in [4.69, 9.17) is 4.74 Å². The number of carbonyl (C=O) groups is 1. The Kier molecular flexibility index (Phi) is 4.38. The van der Waals surface area contributed by atoms with Crippen molar-refractivity contribution >= 4 is 11.9 Å². The molecule has 2 aromatic rings. The summed E-state index contributed by atoms with van der Waals surface area (Å²) in [7, 11) is 1.66. The number of hydrogen-bond acceptors (Lipinski definition) is 2. The van der Waals surface area contributed by atoms with Gasteiger partial charge in [-0.2, -0.15) is 0 Å². The molecule has 112 valence electrons. The maximum atomic E-state index is 12.6. The standard InChI is InChI=1S/C20H20O2/c1-22-19-10-6-5-9-16(19)14-18-12-11-17(20(18)21)13-15-7-3-2-4-8-15/h2-10,14,17H,11-13H2,1H3. The molecule has 0 bridgehead atoms. The molecule has 0 amide bonds. The van der Waals surface area contributed by atoms with Crippen LogP contribution in [0.4, 0.5) is 0 Å². The lowest BCUT2D eigenvalue weighted by atomic mass is 9.96. The van der Waals surface area contributed by atoms with Gasteiger partial charge in [-0.05, 0) is 42.5 Å². The number of allylic oxidation sites excluding steroid dienone is 1. The number of Topliss-reactive ketones (excluding diaryl/α,β-unsaturated/α-hetero) is 1. The second kappa shape index (κ2) is 6.61. The van der Waals surface area contributed by atoms with E-state index in [1.165, 1.54) is 5.56 Å². The molecule has 1 unspecified atom stereocenters. The molecule has 0 heterocycles. The first kappa shape index (κ1) is 14.6. The van der Waals surface area contributed by atoms with Crippen LogP contribution in [0.1, 0.15) is 24.0 Å². The Balaban J connectivity index is 1.77. The summed E-state index contributed by atoms with van der Waals surface area (Å²) in [5.41, 5.74) is 3.14. The number of hydrogen-bond donors (Lipinski definition) is 0. The van der Waals surface area contributed by atoms with E-state index in [0.717, 1.165) is 36.1 Å². The van der Waals surface area contributed by atoms with Crippen LogP contribution in [0, 0.1) is 5.92 Å². The van der Waals surface area contributed by atoms with Crippen molar-refractivity contribution in [3.8, 4) is 5.75 Å². The van der Waals surface area contributed by atoms with Crippen LogP contribution in [0.15, 0.2) is 60.2 Å². The maximum Gasteiger partial charge on any atom is 0.162 e. The normalized spacial score (nSPS) is 19.6. The molecule has 0 N–H and O–H groups in total. The Labute approximate surface area is 131 Å². The fraction of sp³-hybridized carbons (Fsp3) is 0.250. The zero-order valence-electron chi connectivity index (χ0n) is 12.8. The topological polar surface area (TPSA) is 26.3 Å². The third-order valence-corrected chi connectivity index (χ3v) is 4.24. The molecule has 1 aliphatic rings. The van der Waals surface area contributed by atoms with Gasteiger partial charge in [-0.1, -0.05) is 48.5 Å². The van der Waals surface area contributed by atoms with Gasteiger partial charge in [0.15, 0.2) is 5.78 Å². The van der Waals surface area contributed by atoms with E-state index in [-0.39, 0.29) is 11.7 Å². The lowest BCUT2D eigenvalue weighted by Crippen LogP contribution is -2.10. The zero-order valence-corrected chi connectivity index (χ0v) is 12.8. The molecular formula is C20H20O2. The fourth-order valence-electron chi connectivity index (χ4n) is 3.06. The number of methoxy groups -OCH3 is 1. The Hall–Kier alpha value is -2.35. The molecule has 1 atom stereocenters. The smallest absolute Gasteiger partial charge is 0.162 e. The van der Waals surface area contributed by atoms with Gasteiger partial charge in [-0.15, -0.1) is 0 Å². The molecule has 1 saturated carbocycles. The highest BCUT2D eigenvalue weighted by atomic mass is 16.5. The second-order valence-corrected chi connectivity index (χ2v) is 5.70. The van der Waals surface area contributed by atoms with E-state index in [2.05, 4.69) is 12.1 Å². The van der Waals surface area contributed by atoms with Gasteiger partial charge in [0.1, 0.15) is 5.75 Å². The van der Waals surface area contributed by atoms with Gasteiger partial charge in [-0.25, -0.2) is 0 Å². The van der Waals surface area contributed by atoms with E-state index in [9.17, 15) is 4.79 Å². The first-order valence-corrected chi connectivity index (χ1v) is 7.69. The van der Waals surface area contributed by atoms with Crippen LogP contribution in [0.3, 0.4) is 0 Å². The number of rotatable bonds is 4. The lowest BCUT2D eigenvalue weighted by Gasteiger charge is -2.08. The number of para-hydroxylation sites is 1. The average Bonchev–Trinajstić information content (AvgIpc) is 2.90. The first-order chi connectivity index (χ1) is 10.8. The largest absolute Gasteiger partial charge is 0.496 e. The molecular weight excluding hydrogens is 272 g/mol. The van der Waals surface area contributed by atoms with Crippen LogP contribution in [-0.4, -0.2) is 12.9 Å². The van der Waals surface area contributed by atoms with Crippen molar-refractivity contribution in [3.05, 3.63) is 71.3 Å². The van der Waals surface area contributed by atoms with Crippen LogP contribution >= 0.6 is 0 Å². The summed E-state index contributed by atoms with van der Waals surface area (Å²) >= 11 is 0. The Morgan fingerprint density at radius 3 is 2.59 bits per heavy atom. The maximum absolute atomic E-state index is 12.6. The third kappa shape index (κ3) is 3.11. The first-order valence-electron chi connectivity index (χ1n) is 7.69. The minimum atomic E-state index is 0.114. The van der Waals surface area contributed by atoms with Crippen LogP contribution < -0.4 is 4.74 Å².